The molecule has 0 saturated carbocycles. The van der Waals surface area contributed by atoms with Gasteiger partial charge < -0.3 is 15.8 Å². The van der Waals surface area contributed by atoms with Gasteiger partial charge in [0.05, 0.1) is 6.61 Å². The summed E-state index contributed by atoms with van der Waals surface area (Å²) in [6.07, 6.45) is 5.69. The maximum atomic E-state index is 11.6. The van der Waals surface area contributed by atoms with Gasteiger partial charge in [-0.15, -0.1) is 0 Å². The second-order valence-electron chi connectivity index (χ2n) is 5.19. The van der Waals surface area contributed by atoms with E-state index >= 15 is 0 Å². The predicted molar refractivity (Wildman–Crippen MR) is 85.9 cm³/mol. The van der Waals surface area contributed by atoms with Crippen LogP contribution in [-0.4, -0.2) is 25.6 Å². The Kier molecular flexibility index (Phi) is 10.4. The van der Waals surface area contributed by atoms with Crippen molar-refractivity contribution < 1.29 is 9.53 Å². The molecule has 4 heteroatoms. The molecule has 0 fully saturated rings. The van der Waals surface area contributed by atoms with Crippen LogP contribution in [-0.2, 0) is 16.1 Å². The quantitative estimate of drug-likeness (QED) is 0.582. The number of carbonyl (C=O) groups excluding carboxylic acids is 1. The van der Waals surface area contributed by atoms with Gasteiger partial charge in [0.25, 0.3) is 0 Å². The average molecular weight is 292 g/mol. The van der Waals surface area contributed by atoms with Crippen LogP contribution in [0.2, 0.25) is 0 Å². The van der Waals surface area contributed by atoms with Crippen molar-refractivity contribution in [3.63, 3.8) is 0 Å². The van der Waals surface area contributed by atoms with Crippen LogP contribution < -0.4 is 11.1 Å². The van der Waals surface area contributed by atoms with Gasteiger partial charge in [0.2, 0.25) is 5.91 Å². The topological polar surface area (TPSA) is 64.4 Å². The Balaban J connectivity index is 1.88. The smallest absolute Gasteiger partial charge is 0.219 e. The standard InChI is InChI=1S/C17H28N2O2/c18-12-7-2-1-6-11-17(20)19-13-8-14-21-15-16-9-4-3-5-10-16/h3-5,9-10H,1-2,6-8,11-15,18H2,(H,19,20). The second-order valence-corrected chi connectivity index (χ2v) is 5.19. The lowest BCUT2D eigenvalue weighted by Gasteiger charge is -2.06. The van der Waals surface area contributed by atoms with Crippen LogP contribution in [0.4, 0.5) is 0 Å². The van der Waals surface area contributed by atoms with Crippen LogP contribution in [0.15, 0.2) is 30.3 Å². The molecule has 0 atom stereocenters. The molecule has 118 valence electrons. The molecule has 1 aromatic carbocycles. The first-order valence-electron chi connectivity index (χ1n) is 7.91. The first kappa shape index (κ1) is 17.7. The third kappa shape index (κ3) is 10.0. The van der Waals surface area contributed by atoms with Gasteiger partial charge in [-0.3, -0.25) is 4.79 Å². The van der Waals surface area contributed by atoms with Crippen molar-refractivity contribution in [2.75, 3.05) is 19.7 Å². The zero-order valence-corrected chi connectivity index (χ0v) is 12.9. The Morgan fingerprint density at radius 1 is 1.05 bits per heavy atom. The van der Waals surface area contributed by atoms with E-state index in [4.69, 9.17) is 10.5 Å². The zero-order chi connectivity index (χ0) is 15.2. The molecular formula is C17H28N2O2. The highest BCUT2D eigenvalue weighted by atomic mass is 16.5. The van der Waals surface area contributed by atoms with Crippen LogP contribution in [0, 0.1) is 0 Å². The van der Waals surface area contributed by atoms with Crippen molar-refractivity contribution in [2.24, 2.45) is 5.73 Å². The van der Waals surface area contributed by atoms with Crippen molar-refractivity contribution >= 4 is 5.91 Å². The van der Waals surface area contributed by atoms with Gasteiger partial charge in [-0.25, -0.2) is 0 Å². The molecule has 0 aliphatic heterocycles. The van der Waals surface area contributed by atoms with E-state index in [1.807, 2.05) is 30.3 Å². The largest absolute Gasteiger partial charge is 0.377 e. The SMILES string of the molecule is NCCCCCCC(=O)NCCCOCc1ccccc1. The maximum absolute atomic E-state index is 11.6. The lowest BCUT2D eigenvalue weighted by Crippen LogP contribution is -2.24. The number of amides is 1. The van der Waals surface area contributed by atoms with Crippen molar-refractivity contribution in [2.45, 2.75) is 45.1 Å². The van der Waals surface area contributed by atoms with Crippen molar-refractivity contribution in [3.8, 4) is 0 Å². The van der Waals surface area contributed by atoms with E-state index in [-0.39, 0.29) is 5.91 Å². The minimum atomic E-state index is 0.144. The molecule has 1 rings (SSSR count). The zero-order valence-electron chi connectivity index (χ0n) is 12.9. The summed E-state index contributed by atoms with van der Waals surface area (Å²) in [5, 5.41) is 2.93. The first-order valence-corrected chi connectivity index (χ1v) is 7.91. The average Bonchev–Trinajstić information content (AvgIpc) is 2.51. The number of unbranched alkanes of at least 4 members (excludes halogenated alkanes) is 3. The number of hydrogen-bond donors (Lipinski definition) is 2. The van der Waals surface area contributed by atoms with Crippen molar-refractivity contribution in [1.29, 1.82) is 0 Å². The Labute approximate surface area is 128 Å². The van der Waals surface area contributed by atoms with Gasteiger partial charge in [0.15, 0.2) is 0 Å². The summed E-state index contributed by atoms with van der Waals surface area (Å²) < 4.78 is 5.56. The second kappa shape index (κ2) is 12.4. The third-order valence-electron chi connectivity index (χ3n) is 3.26. The van der Waals surface area contributed by atoms with Crippen molar-refractivity contribution in [1.82, 2.24) is 5.32 Å². The minimum absolute atomic E-state index is 0.144. The molecule has 0 unspecified atom stereocenters. The fourth-order valence-electron chi connectivity index (χ4n) is 2.04. The number of hydrogen-bond acceptors (Lipinski definition) is 3. The summed E-state index contributed by atoms with van der Waals surface area (Å²) in [4.78, 5) is 11.6. The normalized spacial score (nSPS) is 10.5. The van der Waals surface area contributed by atoms with Crippen molar-refractivity contribution in [3.05, 3.63) is 35.9 Å². The van der Waals surface area contributed by atoms with Gasteiger partial charge in [0.1, 0.15) is 0 Å². The van der Waals surface area contributed by atoms with E-state index in [1.54, 1.807) is 0 Å². The van der Waals surface area contributed by atoms with Gasteiger partial charge in [-0.2, -0.15) is 0 Å². The van der Waals surface area contributed by atoms with Gasteiger partial charge in [-0.1, -0.05) is 43.2 Å². The molecule has 0 radical (unpaired) electrons. The Morgan fingerprint density at radius 3 is 2.57 bits per heavy atom. The first-order chi connectivity index (χ1) is 10.3. The minimum Gasteiger partial charge on any atom is -0.377 e. The monoisotopic (exact) mass is 292 g/mol. The highest BCUT2D eigenvalue weighted by molar-refractivity contribution is 5.75. The van der Waals surface area contributed by atoms with Crippen LogP contribution >= 0.6 is 0 Å². The fraction of sp³-hybridized carbons (Fsp3) is 0.588. The summed E-state index contributed by atoms with van der Waals surface area (Å²) in [7, 11) is 0. The highest BCUT2D eigenvalue weighted by Crippen LogP contribution is 2.02. The summed E-state index contributed by atoms with van der Waals surface area (Å²) in [6.45, 7) is 2.74. The molecule has 3 N–H and O–H groups in total. The van der Waals surface area contributed by atoms with Gasteiger partial charge in [0, 0.05) is 19.6 Å². The molecule has 4 nitrogen and oxygen atoms in total. The maximum Gasteiger partial charge on any atom is 0.219 e. The van der Waals surface area contributed by atoms with Crippen LogP contribution in [0.1, 0.15) is 44.1 Å². The van der Waals surface area contributed by atoms with E-state index in [9.17, 15) is 4.79 Å². The molecule has 0 bridgehead atoms. The summed E-state index contributed by atoms with van der Waals surface area (Å²) in [5.74, 6) is 0.144. The molecule has 0 aliphatic carbocycles. The predicted octanol–water partition coefficient (Wildman–Crippen LogP) is 2.62. The number of nitrogens with one attached hydrogen (secondary N) is 1. The van der Waals surface area contributed by atoms with Gasteiger partial charge >= 0.3 is 0 Å². The number of benzene rings is 1. The summed E-state index contributed by atoms with van der Waals surface area (Å²) in [6, 6.07) is 10.1. The molecule has 0 saturated heterocycles. The lowest BCUT2D eigenvalue weighted by molar-refractivity contribution is -0.121. The molecule has 1 aromatic rings. The Bertz CT molecular complexity index is 368. The van der Waals surface area contributed by atoms with E-state index < -0.39 is 0 Å². The molecular weight excluding hydrogens is 264 g/mol. The third-order valence-corrected chi connectivity index (χ3v) is 3.26. The van der Waals surface area contributed by atoms with Crippen LogP contribution in [0.3, 0.4) is 0 Å². The summed E-state index contributed by atoms with van der Waals surface area (Å²) in [5.41, 5.74) is 6.60. The summed E-state index contributed by atoms with van der Waals surface area (Å²) >= 11 is 0. The van der Waals surface area contributed by atoms with Crippen LogP contribution in [0.5, 0.6) is 0 Å². The highest BCUT2D eigenvalue weighted by Gasteiger charge is 2.00. The molecule has 0 aromatic heterocycles. The fourth-order valence-corrected chi connectivity index (χ4v) is 2.04. The van der Waals surface area contributed by atoms with E-state index in [2.05, 4.69) is 5.32 Å². The molecule has 0 aliphatic rings. The Hall–Kier alpha value is -1.39. The van der Waals surface area contributed by atoms with Gasteiger partial charge in [-0.05, 0) is 31.4 Å². The lowest BCUT2D eigenvalue weighted by atomic mass is 10.1. The number of ether oxygens (including phenoxy) is 1. The molecule has 0 spiro atoms. The van der Waals surface area contributed by atoms with Crippen LogP contribution in [0.25, 0.3) is 0 Å². The number of carbonyl (C=O) groups is 1. The number of nitrogens with two attached hydrogens (primary N) is 1. The molecule has 21 heavy (non-hydrogen) atoms. The van der Waals surface area contributed by atoms with E-state index in [0.717, 1.165) is 38.6 Å². The molecule has 1 amide bonds. The number of rotatable bonds is 12. The molecule has 0 heterocycles. The Morgan fingerprint density at radius 2 is 1.81 bits per heavy atom. The van der Waals surface area contributed by atoms with E-state index in [1.165, 1.54) is 5.56 Å². The van der Waals surface area contributed by atoms with E-state index in [0.29, 0.717) is 26.2 Å².